The van der Waals surface area contributed by atoms with Crippen molar-refractivity contribution in [2.75, 3.05) is 0 Å². The van der Waals surface area contributed by atoms with Crippen molar-refractivity contribution in [3.8, 4) is 0 Å². The number of rotatable bonds is 3. The van der Waals surface area contributed by atoms with Crippen molar-refractivity contribution < 1.29 is 8.78 Å². The Bertz CT molecular complexity index is 385. The molecule has 3 heteroatoms. The minimum Gasteiger partial charge on any atom is -0.309 e. The molecule has 0 bridgehead atoms. The van der Waals surface area contributed by atoms with Crippen LogP contribution in [0.1, 0.15) is 38.7 Å². The van der Waals surface area contributed by atoms with Crippen LogP contribution in [-0.2, 0) is 6.54 Å². The Morgan fingerprint density at radius 3 is 2.44 bits per heavy atom. The van der Waals surface area contributed by atoms with Crippen LogP contribution in [0.5, 0.6) is 0 Å². The summed E-state index contributed by atoms with van der Waals surface area (Å²) in [5, 5.41) is 3.31. The second-order valence-electron chi connectivity index (χ2n) is 5.58. The van der Waals surface area contributed by atoms with E-state index in [0.29, 0.717) is 12.0 Å². The van der Waals surface area contributed by atoms with E-state index in [0.717, 1.165) is 12.3 Å². The minimum atomic E-state index is -0.459. The van der Waals surface area contributed by atoms with E-state index in [1.54, 1.807) is 0 Å². The fourth-order valence-electron chi connectivity index (χ4n) is 2.90. The van der Waals surface area contributed by atoms with Crippen LogP contribution in [0.15, 0.2) is 18.2 Å². The third-order valence-corrected chi connectivity index (χ3v) is 4.03. The number of nitrogens with one attached hydrogen (secondary N) is 1. The summed E-state index contributed by atoms with van der Waals surface area (Å²) in [4.78, 5) is 0. The molecule has 0 aliphatic heterocycles. The van der Waals surface area contributed by atoms with Crippen molar-refractivity contribution in [3.63, 3.8) is 0 Å². The monoisotopic (exact) mass is 253 g/mol. The number of hydrogen-bond donors (Lipinski definition) is 1. The summed E-state index contributed by atoms with van der Waals surface area (Å²) in [7, 11) is 0. The van der Waals surface area contributed by atoms with Crippen molar-refractivity contribution in [1.82, 2.24) is 5.32 Å². The van der Waals surface area contributed by atoms with E-state index in [9.17, 15) is 8.78 Å². The van der Waals surface area contributed by atoms with Gasteiger partial charge in [0.1, 0.15) is 11.6 Å². The lowest BCUT2D eigenvalue weighted by Crippen LogP contribution is -2.38. The number of hydrogen-bond acceptors (Lipinski definition) is 1. The summed E-state index contributed by atoms with van der Waals surface area (Å²) in [6.07, 6.45) is 3.48. The van der Waals surface area contributed by atoms with Gasteiger partial charge in [0.2, 0.25) is 0 Å². The van der Waals surface area contributed by atoms with Crippen molar-refractivity contribution >= 4 is 0 Å². The maximum atomic E-state index is 13.5. The third kappa shape index (κ3) is 3.08. The van der Waals surface area contributed by atoms with Gasteiger partial charge in [-0.05, 0) is 43.2 Å². The first kappa shape index (κ1) is 13.5. The van der Waals surface area contributed by atoms with E-state index in [1.165, 1.54) is 31.0 Å². The van der Waals surface area contributed by atoms with Crippen LogP contribution >= 0.6 is 0 Å². The fraction of sp³-hybridized carbons (Fsp3) is 0.600. The van der Waals surface area contributed by atoms with Crippen molar-refractivity contribution in [3.05, 3.63) is 35.4 Å². The van der Waals surface area contributed by atoms with Crippen LogP contribution in [-0.4, -0.2) is 6.04 Å². The molecule has 0 radical (unpaired) electrons. The van der Waals surface area contributed by atoms with E-state index in [2.05, 4.69) is 19.2 Å². The van der Waals surface area contributed by atoms with E-state index in [1.807, 2.05) is 0 Å². The third-order valence-electron chi connectivity index (χ3n) is 4.03. The second kappa shape index (κ2) is 5.79. The molecule has 1 aromatic carbocycles. The molecule has 1 aromatic rings. The molecule has 3 atom stereocenters. The van der Waals surface area contributed by atoms with Crippen molar-refractivity contribution in [2.45, 2.75) is 45.7 Å². The summed E-state index contributed by atoms with van der Waals surface area (Å²) < 4.78 is 27.0. The standard InChI is InChI=1S/C15H21F2N/c1-10-6-7-15(11(2)8-10)18-9-12-13(16)4-3-5-14(12)17/h3-5,10-11,15,18H,6-9H2,1-2H3. The van der Waals surface area contributed by atoms with Crippen LogP contribution in [0.25, 0.3) is 0 Å². The summed E-state index contributed by atoms with van der Waals surface area (Å²) in [5.41, 5.74) is 0.156. The molecule has 0 spiro atoms. The van der Waals surface area contributed by atoms with Gasteiger partial charge in [-0.2, -0.15) is 0 Å². The average Bonchev–Trinajstić information content (AvgIpc) is 2.31. The molecule has 0 saturated heterocycles. The molecule has 0 aromatic heterocycles. The fourth-order valence-corrected chi connectivity index (χ4v) is 2.90. The topological polar surface area (TPSA) is 12.0 Å². The zero-order valence-corrected chi connectivity index (χ0v) is 11.0. The predicted molar refractivity (Wildman–Crippen MR) is 69.2 cm³/mol. The molecule has 1 fully saturated rings. The zero-order valence-electron chi connectivity index (χ0n) is 11.0. The van der Waals surface area contributed by atoms with Gasteiger partial charge in [-0.15, -0.1) is 0 Å². The number of benzene rings is 1. The van der Waals surface area contributed by atoms with E-state index in [4.69, 9.17) is 0 Å². The molecule has 1 nitrogen and oxygen atoms in total. The van der Waals surface area contributed by atoms with Gasteiger partial charge in [0.05, 0.1) is 0 Å². The maximum absolute atomic E-state index is 13.5. The molecule has 1 aliphatic carbocycles. The Balaban J connectivity index is 1.95. The highest BCUT2D eigenvalue weighted by Crippen LogP contribution is 2.28. The summed E-state index contributed by atoms with van der Waals surface area (Å²) in [5.74, 6) is 0.422. The summed E-state index contributed by atoms with van der Waals surface area (Å²) in [6.45, 7) is 4.76. The Morgan fingerprint density at radius 2 is 1.83 bits per heavy atom. The lowest BCUT2D eigenvalue weighted by Gasteiger charge is -2.33. The highest BCUT2D eigenvalue weighted by Gasteiger charge is 2.25. The molecular weight excluding hydrogens is 232 g/mol. The van der Waals surface area contributed by atoms with Crippen molar-refractivity contribution in [1.29, 1.82) is 0 Å². The first-order valence-electron chi connectivity index (χ1n) is 6.74. The smallest absolute Gasteiger partial charge is 0.130 e. The zero-order chi connectivity index (χ0) is 13.1. The molecule has 1 aliphatic rings. The molecule has 2 rings (SSSR count). The molecular formula is C15H21F2N. The van der Waals surface area contributed by atoms with Crippen molar-refractivity contribution in [2.24, 2.45) is 11.8 Å². The van der Waals surface area contributed by atoms with Crippen LogP contribution in [0, 0.1) is 23.5 Å². The van der Waals surface area contributed by atoms with Gasteiger partial charge in [0, 0.05) is 18.2 Å². The first-order chi connectivity index (χ1) is 8.58. The Hall–Kier alpha value is -0.960. The van der Waals surface area contributed by atoms with Gasteiger partial charge < -0.3 is 5.32 Å². The van der Waals surface area contributed by atoms with Crippen LogP contribution < -0.4 is 5.32 Å². The molecule has 1 saturated carbocycles. The normalized spacial score (nSPS) is 28.3. The molecule has 1 N–H and O–H groups in total. The van der Waals surface area contributed by atoms with E-state index in [-0.39, 0.29) is 12.1 Å². The van der Waals surface area contributed by atoms with Gasteiger partial charge in [-0.25, -0.2) is 8.78 Å². The van der Waals surface area contributed by atoms with Crippen LogP contribution in [0.3, 0.4) is 0 Å². The lowest BCUT2D eigenvalue weighted by atomic mass is 9.80. The average molecular weight is 253 g/mol. The first-order valence-corrected chi connectivity index (χ1v) is 6.74. The Labute approximate surface area is 108 Å². The van der Waals surface area contributed by atoms with Gasteiger partial charge in [-0.3, -0.25) is 0 Å². The van der Waals surface area contributed by atoms with Crippen LogP contribution in [0.2, 0.25) is 0 Å². The molecule has 0 heterocycles. The van der Waals surface area contributed by atoms with Gasteiger partial charge in [0.15, 0.2) is 0 Å². The van der Waals surface area contributed by atoms with Gasteiger partial charge in [-0.1, -0.05) is 19.9 Å². The highest BCUT2D eigenvalue weighted by atomic mass is 19.1. The predicted octanol–water partition coefficient (Wildman–Crippen LogP) is 3.88. The molecule has 18 heavy (non-hydrogen) atoms. The van der Waals surface area contributed by atoms with E-state index >= 15 is 0 Å². The van der Waals surface area contributed by atoms with Crippen LogP contribution in [0.4, 0.5) is 8.78 Å². The number of halogens is 2. The molecule has 3 unspecified atom stereocenters. The Morgan fingerprint density at radius 1 is 1.17 bits per heavy atom. The highest BCUT2D eigenvalue weighted by molar-refractivity contribution is 5.19. The summed E-state index contributed by atoms with van der Waals surface area (Å²) in [6, 6.07) is 4.40. The molecule has 0 amide bonds. The minimum absolute atomic E-state index is 0.156. The Kier molecular flexibility index (Phi) is 4.33. The van der Waals surface area contributed by atoms with Gasteiger partial charge >= 0.3 is 0 Å². The quantitative estimate of drug-likeness (QED) is 0.862. The van der Waals surface area contributed by atoms with E-state index < -0.39 is 11.6 Å². The summed E-state index contributed by atoms with van der Waals surface area (Å²) >= 11 is 0. The molecule has 100 valence electrons. The lowest BCUT2D eigenvalue weighted by molar-refractivity contribution is 0.226. The maximum Gasteiger partial charge on any atom is 0.130 e. The largest absolute Gasteiger partial charge is 0.309 e. The SMILES string of the molecule is CC1CCC(NCc2c(F)cccc2F)C(C)C1. The second-order valence-corrected chi connectivity index (χ2v) is 5.58. The van der Waals surface area contributed by atoms with Gasteiger partial charge in [0.25, 0.3) is 0 Å².